The second kappa shape index (κ2) is 6.32. The van der Waals surface area contributed by atoms with Crippen LogP contribution in [0.2, 0.25) is 0 Å². The van der Waals surface area contributed by atoms with Crippen molar-refractivity contribution in [3.8, 4) is 0 Å². The molecule has 0 aliphatic carbocycles. The van der Waals surface area contributed by atoms with Gasteiger partial charge in [-0.05, 0) is 47.3 Å². The molecule has 0 unspecified atom stereocenters. The van der Waals surface area contributed by atoms with Gasteiger partial charge in [0.1, 0.15) is 6.04 Å². The molecule has 1 amide bonds. The van der Waals surface area contributed by atoms with Crippen LogP contribution in [-0.2, 0) is 14.8 Å². The molecule has 4 aromatic rings. The van der Waals surface area contributed by atoms with Gasteiger partial charge >= 0.3 is 0 Å². The van der Waals surface area contributed by atoms with Crippen molar-refractivity contribution in [2.24, 2.45) is 0 Å². The van der Waals surface area contributed by atoms with Gasteiger partial charge in [0.2, 0.25) is 5.91 Å². The number of nitrogens with zero attached hydrogens (tertiary/aromatic N) is 1. The fourth-order valence-electron chi connectivity index (χ4n) is 3.96. The number of anilines is 2. The summed E-state index contributed by atoms with van der Waals surface area (Å²) in [6.45, 7) is 1.61. The zero-order chi connectivity index (χ0) is 20.2. The van der Waals surface area contributed by atoms with Crippen LogP contribution in [0.4, 0.5) is 11.4 Å². The molecule has 4 aromatic carbocycles. The van der Waals surface area contributed by atoms with E-state index in [-0.39, 0.29) is 10.8 Å². The van der Waals surface area contributed by atoms with Gasteiger partial charge in [-0.3, -0.25) is 9.10 Å². The zero-order valence-corrected chi connectivity index (χ0v) is 16.5. The summed E-state index contributed by atoms with van der Waals surface area (Å²) in [5.41, 5.74) is 1.17. The topological polar surface area (TPSA) is 66.5 Å². The molecule has 5 rings (SSSR count). The average Bonchev–Trinajstić information content (AvgIpc) is 2.96. The van der Waals surface area contributed by atoms with Crippen molar-refractivity contribution in [3.05, 3.63) is 78.9 Å². The van der Waals surface area contributed by atoms with Crippen molar-refractivity contribution in [2.45, 2.75) is 17.9 Å². The van der Waals surface area contributed by atoms with Gasteiger partial charge in [0, 0.05) is 11.1 Å². The summed E-state index contributed by atoms with van der Waals surface area (Å²) in [5.74, 6) is -0.381. The highest BCUT2D eigenvalue weighted by Gasteiger charge is 2.40. The number of amides is 1. The highest BCUT2D eigenvalue weighted by molar-refractivity contribution is 7.93. The van der Waals surface area contributed by atoms with Gasteiger partial charge in [-0.15, -0.1) is 0 Å². The number of fused-ring (bicyclic) bond motifs is 1. The molecule has 0 radical (unpaired) electrons. The lowest BCUT2D eigenvalue weighted by atomic mass is 10.1. The number of sulfonamides is 1. The van der Waals surface area contributed by atoms with Crippen molar-refractivity contribution < 1.29 is 13.2 Å². The number of benzene rings is 4. The summed E-state index contributed by atoms with van der Waals surface area (Å²) in [6.07, 6.45) is 0. The first-order chi connectivity index (χ1) is 14.0. The van der Waals surface area contributed by atoms with Crippen LogP contribution in [-0.4, -0.2) is 20.4 Å². The summed E-state index contributed by atoms with van der Waals surface area (Å²) in [4.78, 5) is 13.2. The lowest BCUT2D eigenvalue weighted by molar-refractivity contribution is -0.116. The quantitative estimate of drug-likeness (QED) is 0.548. The molecule has 144 valence electrons. The molecule has 0 saturated carbocycles. The Morgan fingerprint density at radius 2 is 1.55 bits per heavy atom. The lowest BCUT2D eigenvalue weighted by Gasteiger charge is -2.25. The van der Waals surface area contributed by atoms with Gasteiger partial charge < -0.3 is 5.32 Å². The molecule has 0 fully saturated rings. The molecule has 1 aliphatic rings. The Bertz CT molecular complexity index is 1390. The predicted octanol–water partition coefficient (Wildman–Crippen LogP) is 4.53. The normalized spacial score (nSPS) is 15.6. The van der Waals surface area contributed by atoms with E-state index in [1.807, 2.05) is 60.7 Å². The minimum absolute atomic E-state index is 0.246. The summed E-state index contributed by atoms with van der Waals surface area (Å²) >= 11 is 0. The zero-order valence-electron chi connectivity index (χ0n) is 15.7. The highest BCUT2D eigenvalue weighted by Crippen LogP contribution is 2.43. The SMILES string of the molecule is C[C@H](C(=O)Nc1ccc2ccccc2c1)N1c2cccc3cccc(c23)S1(=O)=O. The van der Waals surface area contributed by atoms with E-state index in [0.29, 0.717) is 16.8 Å². The molecule has 0 bridgehead atoms. The fraction of sp³-hybridized carbons (Fsp3) is 0.0870. The molecule has 0 aromatic heterocycles. The van der Waals surface area contributed by atoms with Crippen LogP contribution in [0.15, 0.2) is 83.8 Å². The summed E-state index contributed by atoms with van der Waals surface area (Å²) in [6, 6.07) is 23.2. The Hall–Kier alpha value is -3.38. The second-order valence-electron chi connectivity index (χ2n) is 7.16. The van der Waals surface area contributed by atoms with Crippen molar-refractivity contribution >= 4 is 48.9 Å². The molecular weight excluding hydrogens is 384 g/mol. The number of carbonyl (C=O) groups is 1. The molecule has 5 nitrogen and oxygen atoms in total. The standard InChI is InChI=1S/C23H18N2O3S/c1-15(23(26)24-19-13-12-16-6-2-3-7-18(16)14-19)25-20-10-4-8-17-9-5-11-21(22(17)20)29(25,27)28/h2-15H,1H3,(H,24,26)/t15-/m1/s1. The van der Waals surface area contributed by atoms with Crippen LogP contribution < -0.4 is 9.62 Å². The molecule has 1 heterocycles. The smallest absolute Gasteiger partial charge is 0.265 e. The average molecular weight is 402 g/mol. The molecule has 0 spiro atoms. The maximum Gasteiger partial charge on any atom is 0.265 e. The van der Waals surface area contributed by atoms with E-state index < -0.39 is 16.1 Å². The van der Waals surface area contributed by atoms with E-state index >= 15 is 0 Å². The van der Waals surface area contributed by atoms with E-state index in [4.69, 9.17) is 0 Å². The lowest BCUT2D eigenvalue weighted by Crippen LogP contribution is -2.43. The van der Waals surface area contributed by atoms with E-state index in [9.17, 15) is 13.2 Å². The Labute approximate surface area is 168 Å². The minimum atomic E-state index is -3.80. The van der Waals surface area contributed by atoms with E-state index in [2.05, 4.69) is 5.32 Å². The van der Waals surface area contributed by atoms with Crippen LogP contribution in [0.25, 0.3) is 21.5 Å². The first kappa shape index (κ1) is 17.7. The Morgan fingerprint density at radius 1 is 0.862 bits per heavy atom. The van der Waals surface area contributed by atoms with Gasteiger partial charge in [0.05, 0.1) is 10.6 Å². The minimum Gasteiger partial charge on any atom is -0.324 e. The van der Waals surface area contributed by atoms with Crippen molar-refractivity contribution in [2.75, 3.05) is 9.62 Å². The molecule has 1 aliphatic heterocycles. The van der Waals surface area contributed by atoms with Crippen LogP contribution in [0.3, 0.4) is 0 Å². The Balaban J connectivity index is 1.51. The Kier molecular flexibility index (Phi) is 3.86. The number of carbonyl (C=O) groups excluding carboxylic acids is 1. The summed E-state index contributed by atoms with van der Waals surface area (Å²) in [5, 5.41) is 6.45. The van der Waals surface area contributed by atoms with Gasteiger partial charge in [0.25, 0.3) is 10.0 Å². The Morgan fingerprint density at radius 3 is 2.34 bits per heavy atom. The first-order valence-electron chi connectivity index (χ1n) is 9.33. The van der Waals surface area contributed by atoms with Crippen LogP contribution in [0.1, 0.15) is 6.92 Å². The maximum absolute atomic E-state index is 13.2. The van der Waals surface area contributed by atoms with Crippen molar-refractivity contribution in [1.82, 2.24) is 0 Å². The summed E-state index contributed by atoms with van der Waals surface area (Å²) < 4.78 is 27.6. The number of hydrogen-bond acceptors (Lipinski definition) is 3. The van der Waals surface area contributed by atoms with Gasteiger partial charge in [0.15, 0.2) is 0 Å². The third-order valence-electron chi connectivity index (χ3n) is 5.37. The number of nitrogens with one attached hydrogen (secondary N) is 1. The molecule has 0 saturated heterocycles. The molecule has 1 atom stereocenters. The van der Waals surface area contributed by atoms with Crippen molar-refractivity contribution in [3.63, 3.8) is 0 Å². The molecule has 29 heavy (non-hydrogen) atoms. The monoisotopic (exact) mass is 402 g/mol. The predicted molar refractivity (Wildman–Crippen MR) is 116 cm³/mol. The molecule has 1 N–H and O–H groups in total. The number of rotatable bonds is 3. The first-order valence-corrected chi connectivity index (χ1v) is 10.8. The molecular formula is C23H18N2O3S. The van der Waals surface area contributed by atoms with Gasteiger partial charge in [-0.1, -0.05) is 54.6 Å². The third-order valence-corrected chi connectivity index (χ3v) is 7.29. The third kappa shape index (κ3) is 2.68. The van der Waals surface area contributed by atoms with E-state index in [1.165, 1.54) is 4.31 Å². The number of hydrogen-bond donors (Lipinski definition) is 1. The highest BCUT2D eigenvalue weighted by atomic mass is 32.2. The van der Waals surface area contributed by atoms with Crippen LogP contribution in [0.5, 0.6) is 0 Å². The summed E-state index contributed by atoms with van der Waals surface area (Å²) in [7, 11) is -3.80. The van der Waals surface area contributed by atoms with E-state index in [0.717, 1.165) is 16.2 Å². The van der Waals surface area contributed by atoms with Gasteiger partial charge in [-0.25, -0.2) is 8.42 Å². The van der Waals surface area contributed by atoms with E-state index in [1.54, 1.807) is 25.1 Å². The van der Waals surface area contributed by atoms with Crippen LogP contribution >= 0.6 is 0 Å². The fourth-order valence-corrected chi connectivity index (χ4v) is 5.82. The van der Waals surface area contributed by atoms with Gasteiger partial charge in [-0.2, -0.15) is 0 Å². The van der Waals surface area contributed by atoms with Crippen molar-refractivity contribution in [1.29, 1.82) is 0 Å². The second-order valence-corrected chi connectivity index (χ2v) is 8.94. The maximum atomic E-state index is 13.2. The molecule has 6 heteroatoms. The largest absolute Gasteiger partial charge is 0.324 e. The van der Waals surface area contributed by atoms with Crippen LogP contribution in [0, 0.1) is 0 Å².